The molecule has 0 bridgehead atoms. The lowest BCUT2D eigenvalue weighted by Crippen LogP contribution is -1.91. The number of benzene rings is 1. The number of hydrogen-bond acceptors (Lipinski definition) is 3. The molecule has 2 aromatic heterocycles. The molecule has 3 aromatic rings. The Morgan fingerprint density at radius 3 is 2.79 bits per heavy atom. The standard InChI is InChI=1S/C13H6ClFN4/c14-10-3-2-9(5-11(10)15)13-18-17-12-4-1-8(6-16)7-19(12)13/h1-5,7H. The molecule has 0 saturated carbocycles. The normalized spacial score (nSPS) is 10.6. The van der Waals surface area contributed by atoms with Crippen LogP contribution in [-0.2, 0) is 0 Å². The van der Waals surface area contributed by atoms with Crippen LogP contribution in [0.3, 0.4) is 0 Å². The number of fused-ring (bicyclic) bond motifs is 1. The van der Waals surface area contributed by atoms with E-state index in [4.69, 9.17) is 16.9 Å². The van der Waals surface area contributed by atoms with Crippen molar-refractivity contribution in [3.05, 3.63) is 52.9 Å². The van der Waals surface area contributed by atoms with Gasteiger partial charge in [0.25, 0.3) is 0 Å². The Kier molecular flexibility index (Phi) is 2.65. The summed E-state index contributed by atoms with van der Waals surface area (Å²) in [6, 6.07) is 9.77. The fourth-order valence-electron chi connectivity index (χ4n) is 1.79. The van der Waals surface area contributed by atoms with Gasteiger partial charge < -0.3 is 0 Å². The van der Waals surface area contributed by atoms with E-state index in [1.165, 1.54) is 12.1 Å². The Bertz CT molecular complexity index is 819. The molecular formula is C13H6ClFN4. The second-order valence-electron chi connectivity index (χ2n) is 3.91. The predicted octanol–water partition coefficient (Wildman–Crippen LogP) is 3.06. The van der Waals surface area contributed by atoms with Crippen molar-refractivity contribution in [3.8, 4) is 17.5 Å². The minimum absolute atomic E-state index is 0.0512. The van der Waals surface area contributed by atoms with E-state index in [1.54, 1.807) is 28.8 Å². The summed E-state index contributed by atoms with van der Waals surface area (Å²) in [4.78, 5) is 0. The second-order valence-corrected chi connectivity index (χ2v) is 4.32. The van der Waals surface area contributed by atoms with Crippen LogP contribution in [0.15, 0.2) is 36.5 Å². The third-order valence-corrected chi connectivity index (χ3v) is 3.02. The molecule has 0 radical (unpaired) electrons. The first kappa shape index (κ1) is 11.6. The first-order valence-electron chi connectivity index (χ1n) is 5.39. The van der Waals surface area contributed by atoms with Gasteiger partial charge in [-0.3, -0.25) is 4.40 Å². The van der Waals surface area contributed by atoms with Crippen LogP contribution in [0.2, 0.25) is 5.02 Å². The van der Waals surface area contributed by atoms with Gasteiger partial charge in [-0.05, 0) is 30.3 Å². The van der Waals surface area contributed by atoms with Crippen molar-refractivity contribution in [1.29, 1.82) is 5.26 Å². The lowest BCUT2D eigenvalue weighted by molar-refractivity contribution is 0.628. The maximum atomic E-state index is 13.5. The molecule has 2 heterocycles. The van der Waals surface area contributed by atoms with Crippen molar-refractivity contribution >= 4 is 17.2 Å². The molecule has 0 atom stereocenters. The van der Waals surface area contributed by atoms with Gasteiger partial charge in [-0.2, -0.15) is 5.26 Å². The third-order valence-electron chi connectivity index (χ3n) is 2.71. The highest BCUT2D eigenvalue weighted by Gasteiger charge is 2.10. The van der Waals surface area contributed by atoms with Crippen molar-refractivity contribution in [3.63, 3.8) is 0 Å². The molecule has 19 heavy (non-hydrogen) atoms. The highest BCUT2D eigenvalue weighted by molar-refractivity contribution is 6.30. The summed E-state index contributed by atoms with van der Waals surface area (Å²) in [6.07, 6.45) is 1.61. The highest BCUT2D eigenvalue weighted by atomic mass is 35.5. The van der Waals surface area contributed by atoms with Gasteiger partial charge in [-0.25, -0.2) is 4.39 Å². The summed E-state index contributed by atoms with van der Waals surface area (Å²) in [5, 5.41) is 16.9. The van der Waals surface area contributed by atoms with Crippen LogP contribution < -0.4 is 0 Å². The number of halogens is 2. The van der Waals surface area contributed by atoms with Crippen LogP contribution in [-0.4, -0.2) is 14.6 Å². The van der Waals surface area contributed by atoms with Gasteiger partial charge in [0.1, 0.15) is 11.9 Å². The Hall–Kier alpha value is -2.45. The van der Waals surface area contributed by atoms with Crippen LogP contribution in [0.5, 0.6) is 0 Å². The summed E-state index contributed by atoms with van der Waals surface area (Å²) in [5.74, 6) is -0.0602. The SMILES string of the molecule is N#Cc1ccc2nnc(-c3ccc(Cl)c(F)c3)n2c1. The van der Waals surface area contributed by atoms with Gasteiger partial charge in [0, 0.05) is 11.8 Å². The molecule has 0 saturated heterocycles. The van der Waals surface area contributed by atoms with E-state index >= 15 is 0 Å². The number of nitrogens with zero attached hydrogens (tertiary/aromatic N) is 4. The lowest BCUT2D eigenvalue weighted by atomic mass is 10.2. The zero-order valence-electron chi connectivity index (χ0n) is 9.51. The minimum Gasteiger partial charge on any atom is -0.281 e. The Morgan fingerprint density at radius 2 is 2.05 bits per heavy atom. The van der Waals surface area contributed by atoms with E-state index in [1.807, 2.05) is 6.07 Å². The van der Waals surface area contributed by atoms with Crippen molar-refractivity contribution < 1.29 is 4.39 Å². The average Bonchev–Trinajstić information content (AvgIpc) is 2.84. The molecule has 6 heteroatoms. The summed E-state index contributed by atoms with van der Waals surface area (Å²) < 4.78 is 15.1. The number of pyridine rings is 1. The lowest BCUT2D eigenvalue weighted by Gasteiger charge is -2.01. The fraction of sp³-hybridized carbons (Fsp3) is 0. The van der Waals surface area contributed by atoms with Gasteiger partial charge in [0.15, 0.2) is 11.5 Å². The van der Waals surface area contributed by atoms with Crippen LogP contribution >= 0.6 is 11.6 Å². The van der Waals surface area contributed by atoms with Crippen molar-refractivity contribution in [2.75, 3.05) is 0 Å². The van der Waals surface area contributed by atoms with Crippen LogP contribution in [0, 0.1) is 17.1 Å². The number of hydrogen-bond donors (Lipinski definition) is 0. The molecule has 0 aliphatic heterocycles. The quantitative estimate of drug-likeness (QED) is 0.684. The topological polar surface area (TPSA) is 54.0 Å². The average molecular weight is 273 g/mol. The zero-order valence-corrected chi connectivity index (χ0v) is 10.3. The zero-order chi connectivity index (χ0) is 13.4. The second kappa shape index (κ2) is 4.34. The van der Waals surface area contributed by atoms with E-state index < -0.39 is 5.82 Å². The minimum atomic E-state index is -0.521. The Balaban J connectivity index is 2.24. The van der Waals surface area contributed by atoms with Gasteiger partial charge >= 0.3 is 0 Å². The van der Waals surface area contributed by atoms with Gasteiger partial charge in [-0.1, -0.05) is 11.6 Å². The maximum absolute atomic E-state index is 13.5. The number of aromatic nitrogens is 3. The summed E-state index contributed by atoms with van der Waals surface area (Å²) in [5.41, 5.74) is 1.61. The number of nitriles is 1. The fourth-order valence-corrected chi connectivity index (χ4v) is 1.91. The first-order chi connectivity index (χ1) is 9.19. The van der Waals surface area contributed by atoms with E-state index in [0.717, 1.165) is 0 Å². The molecule has 0 spiro atoms. The molecule has 3 rings (SSSR count). The molecule has 0 aliphatic rings. The van der Waals surface area contributed by atoms with Crippen molar-refractivity contribution in [2.45, 2.75) is 0 Å². The van der Waals surface area contributed by atoms with Crippen LogP contribution in [0.25, 0.3) is 17.0 Å². The van der Waals surface area contributed by atoms with Crippen LogP contribution in [0.1, 0.15) is 5.56 Å². The molecule has 0 amide bonds. The third kappa shape index (κ3) is 1.92. The van der Waals surface area contributed by atoms with Gasteiger partial charge in [0.05, 0.1) is 10.6 Å². The summed E-state index contributed by atoms with van der Waals surface area (Å²) in [6.45, 7) is 0. The van der Waals surface area contributed by atoms with Crippen LogP contribution in [0.4, 0.5) is 4.39 Å². The molecular weight excluding hydrogens is 267 g/mol. The molecule has 0 aliphatic carbocycles. The van der Waals surface area contributed by atoms with E-state index in [0.29, 0.717) is 22.6 Å². The van der Waals surface area contributed by atoms with E-state index in [2.05, 4.69) is 10.2 Å². The summed E-state index contributed by atoms with van der Waals surface area (Å²) >= 11 is 5.65. The van der Waals surface area contributed by atoms with E-state index in [-0.39, 0.29) is 5.02 Å². The molecule has 1 aromatic carbocycles. The molecule has 0 unspecified atom stereocenters. The molecule has 0 fully saturated rings. The maximum Gasteiger partial charge on any atom is 0.168 e. The Labute approximate surface area is 112 Å². The van der Waals surface area contributed by atoms with Crippen molar-refractivity contribution in [1.82, 2.24) is 14.6 Å². The first-order valence-corrected chi connectivity index (χ1v) is 5.77. The monoisotopic (exact) mass is 272 g/mol. The van der Waals surface area contributed by atoms with Crippen molar-refractivity contribution in [2.24, 2.45) is 0 Å². The smallest absolute Gasteiger partial charge is 0.168 e. The molecule has 92 valence electrons. The highest BCUT2D eigenvalue weighted by Crippen LogP contribution is 2.23. The molecule has 0 N–H and O–H groups in total. The Morgan fingerprint density at radius 1 is 1.21 bits per heavy atom. The largest absolute Gasteiger partial charge is 0.281 e. The van der Waals surface area contributed by atoms with Gasteiger partial charge in [-0.15, -0.1) is 10.2 Å². The molecule has 4 nitrogen and oxygen atoms in total. The predicted molar refractivity (Wildman–Crippen MR) is 68.1 cm³/mol. The van der Waals surface area contributed by atoms with E-state index in [9.17, 15) is 4.39 Å². The summed E-state index contributed by atoms with van der Waals surface area (Å²) in [7, 11) is 0. The van der Waals surface area contributed by atoms with Gasteiger partial charge in [0.2, 0.25) is 0 Å². The number of rotatable bonds is 1.